The molecule has 0 spiro atoms. The highest BCUT2D eigenvalue weighted by molar-refractivity contribution is 5.11. The van der Waals surface area contributed by atoms with Crippen molar-refractivity contribution in [2.45, 2.75) is 19.3 Å². The Morgan fingerprint density at radius 2 is 1.92 bits per heavy atom. The molecular formula is C11H16N2. The van der Waals surface area contributed by atoms with Crippen molar-refractivity contribution in [2.75, 3.05) is 6.54 Å². The summed E-state index contributed by atoms with van der Waals surface area (Å²) in [6, 6.07) is 4.21. The number of pyridine rings is 1. The number of hydrogen-bond acceptors (Lipinski definition) is 2. The van der Waals surface area contributed by atoms with Crippen molar-refractivity contribution >= 4 is 0 Å². The second-order valence-electron chi connectivity index (χ2n) is 3.89. The van der Waals surface area contributed by atoms with E-state index in [-0.39, 0.29) is 0 Å². The normalized spacial score (nSPS) is 26.8. The maximum absolute atomic E-state index is 5.67. The average Bonchev–Trinajstić information content (AvgIpc) is 2.15. The van der Waals surface area contributed by atoms with Crippen LogP contribution in [0.4, 0.5) is 0 Å². The standard InChI is InChI=1S/C11H16N2/c12-8-11-2-1-10(11)7-9-3-5-13-6-4-9/h3-6,10-11H,1-2,7-8,12H2. The molecule has 1 saturated carbocycles. The van der Waals surface area contributed by atoms with E-state index in [2.05, 4.69) is 17.1 Å². The van der Waals surface area contributed by atoms with Gasteiger partial charge in [-0.15, -0.1) is 0 Å². The van der Waals surface area contributed by atoms with E-state index in [1.54, 1.807) is 0 Å². The second-order valence-corrected chi connectivity index (χ2v) is 3.89. The first kappa shape index (κ1) is 8.70. The van der Waals surface area contributed by atoms with E-state index < -0.39 is 0 Å². The van der Waals surface area contributed by atoms with E-state index in [1.807, 2.05) is 12.4 Å². The van der Waals surface area contributed by atoms with Crippen LogP contribution in [-0.4, -0.2) is 11.5 Å². The first-order valence-corrected chi connectivity index (χ1v) is 4.99. The molecule has 2 N–H and O–H groups in total. The molecular weight excluding hydrogens is 160 g/mol. The second kappa shape index (κ2) is 3.88. The molecule has 2 unspecified atom stereocenters. The zero-order chi connectivity index (χ0) is 9.10. The van der Waals surface area contributed by atoms with E-state index in [0.29, 0.717) is 0 Å². The summed E-state index contributed by atoms with van der Waals surface area (Å²) in [4.78, 5) is 4.01. The lowest BCUT2D eigenvalue weighted by atomic mass is 9.71. The molecule has 70 valence electrons. The Labute approximate surface area is 79.2 Å². The molecule has 0 aliphatic heterocycles. The third-order valence-corrected chi connectivity index (χ3v) is 3.12. The predicted octanol–water partition coefficient (Wildman–Crippen LogP) is 1.61. The molecule has 13 heavy (non-hydrogen) atoms. The van der Waals surface area contributed by atoms with Gasteiger partial charge in [0.1, 0.15) is 0 Å². The molecule has 0 saturated heterocycles. The molecule has 1 heterocycles. The van der Waals surface area contributed by atoms with Crippen LogP contribution in [-0.2, 0) is 6.42 Å². The van der Waals surface area contributed by atoms with Gasteiger partial charge < -0.3 is 5.73 Å². The van der Waals surface area contributed by atoms with Gasteiger partial charge in [0.05, 0.1) is 0 Å². The van der Waals surface area contributed by atoms with Crippen molar-refractivity contribution in [3.63, 3.8) is 0 Å². The van der Waals surface area contributed by atoms with Crippen LogP contribution >= 0.6 is 0 Å². The fraction of sp³-hybridized carbons (Fsp3) is 0.545. The molecule has 1 fully saturated rings. The molecule has 1 aromatic heterocycles. The summed E-state index contributed by atoms with van der Waals surface area (Å²) in [6.07, 6.45) is 7.59. The highest BCUT2D eigenvalue weighted by atomic mass is 14.6. The summed E-state index contributed by atoms with van der Waals surface area (Å²) in [5, 5.41) is 0. The Kier molecular flexibility index (Phi) is 2.60. The first-order valence-electron chi connectivity index (χ1n) is 4.99. The van der Waals surface area contributed by atoms with Crippen LogP contribution in [0.1, 0.15) is 18.4 Å². The fourth-order valence-corrected chi connectivity index (χ4v) is 2.04. The quantitative estimate of drug-likeness (QED) is 0.760. The minimum absolute atomic E-state index is 0.771. The van der Waals surface area contributed by atoms with Gasteiger partial charge in [-0.05, 0) is 55.3 Å². The lowest BCUT2D eigenvalue weighted by Crippen LogP contribution is -2.33. The van der Waals surface area contributed by atoms with Gasteiger partial charge in [-0.1, -0.05) is 0 Å². The zero-order valence-electron chi connectivity index (χ0n) is 7.82. The molecule has 0 radical (unpaired) electrons. The van der Waals surface area contributed by atoms with E-state index in [4.69, 9.17) is 5.73 Å². The molecule has 0 aromatic carbocycles. The summed E-state index contributed by atoms with van der Waals surface area (Å²) < 4.78 is 0. The van der Waals surface area contributed by atoms with Crippen LogP contribution in [0.25, 0.3) is 0 Å². The summed E-state index contributed by atoms with van der Waals surface area (Å²) >= 11 is 0. The van der Waals surface area contributed by atoms with Crippen molar-refractivity contribution in [1.29, 1.82) is 0 Å². The highest BCUT2D eigenvalue weighted by Crippen LogP contribution is 2.35. The van der Waals surface area contributed by atoms with Gasteiger partial charge in [0.15, 0.2) is 0 Å². The average molecular weight is 176 g/mol. The van der Waals surface area contributed by atoms with Gasteiger partial charge in [0.2, 0.25) is 0 Å². The predicted molar refractivity (Wildman–Crippen MR) is 53.2 cm³/mol. The third-order valence-electron chi connectivity index (χ3n) is 3.12. The Hall–Kier alpha value is -0.890. The van der Waals surface area contributed by atoms with Crippen LogP contribution in [0.3, 0.4) is 0 Å². The molecule has 1 aromatic rings. The Morgan fingerprint density at radius 1 is 1.23 bits per heavy atom. The molecule has 2 heteroatoms. The monoisotopic (exact) mass is 176 g/mol. The summed E-state index contributed by atoms with van der Waals surface area (Å²) in [6.45, 7) is 0.857. The van der Waals surface area contributed by atoms with Gasteiger partial charge in [-0.3, -0.25) is 4.98 Å². The lowest BCUT2D eigenvalue weighted by molar-refractivity contribution is 0.183. The summed E-state index contributed by atoms with van der Waals surface area (Å²) in [5.41, 5.74) is 7.07. The Bertz CT molecular complexity index is 256. The van der Waals surface area contributed by atoms with E-state index in [9.17, 15) is 0 Å². The van der Waals surface area contributed by atoms with Crippen molar-refractivity contribution in [2.24, 2.45) is 17.6 Å². The van der Waals surface area contributed by atoms with E-state index in [1.165, 1.54) is 24.8 Å². The molecule has 2 atom stereocenters. The van der Waals surface area contributed by atoms with Crippen LogP contribution in [0, 0.1) is 11.8 Å². The molecule has 2 nitrogen and oxygen atoms in total. The number of rotatable bonds is 3. The molecule has 0 bridgehead atoms. The van der Waals surface area contributed by atoms with Crippen LogP contribution in [0.5, 0.6) is 0 Å². The third kappa shape index (κ3) is 1.89. The Morgan fingerprint density at radius 3 is 2.46 bits per heavy atom. The van der Waals surface area contributed by atoms with Crippen LogP contribution in [0.15, 0.2) is 24.5 Å². The van der Waals surface area contributed by atoms with Crippen LogP contribution < -0.4 is 5.73 Å². The van der Waals surface area contributed by atoms with Gasteiger partial charge in [0, 0.05) is 12.4 Å². The first-order chi connectivity index (χ1) is 6.40. The van der Waals surface area contributed by atoms with Gasteiger partial charge in [-0.25, -0.2) is 0 Å². The minimum Gasteiger partial charge on any atom is -0.330 e. The maximum atomic E-state index is 5.67. The smallest absolute Gasteiger partial charge is 0.0270 e. The molecule has 0 amide bonds. The molecule has 2 rings (SSSR count). The maximum Gasteiger partial charge on any atom is 0.0270 e. The van der Waals surface area contributed by atoms with Crippen molar-refractivity contribution < 1.29 is 0 Å². The van der Waals surface area contributed by atoms with Gasteiger partial charge in [0.25, 0.3) is 0 Å². The molecule has 1 aliphatic rings. The number of aromatic nitrogens is 1. The zero-order valence-corrected chi connectivity index (χ0v) is 7.82. The SMILES string of the molecule is NCC1CCC1Cc1ccncc1. The van der Waals surface area contributed by atoms with Gasteiger partial charge in [-0.2, -0.15) is 0 Å². The van der Waals surface area contributed by atoms with Crippen molar-refractivity contribution in [3.8, 4) is 0 Å². The minimum atomic E-state index is 0.771. The van der Waals surface area contributed by atoms with Crippen molar-refractivity contribution in [3.05, 3.63) is 30.1 Å². The largest absolute Gasteiger partial charge is 0.330 e. The summed E-state index contributed by atoms with van der Waals surface area (Å²) in [7, 11) is 0. The lowest BCUT2D eigenvalue weighted by Gasteiger charge is -2.35. The van der Waals surface area contributed by atoms with Gasteiger partial charge >= 0.3 is 0 Å². The number of nitrogens with zero attached hydrogens (tertiary/aromatic N) is 1. The fourth-order valence-electron chi connectivity index (χ4n) is 2.04. The highest BCUT2D eigenvalue weighted by Gasteiger charge is 2.29. The van der Waals surface area contributed by atoms with E-state index in [0.717, 1.165) is 18.4 Å². The Balaban J connectivity index is 1.92. The van der Waals surface area contributed by atoms with Crippen molar-refractivity contribution in [1.82, 2.24) is 4.98 Å². The number of nitrogens with two attached hydrogens (primary N) is 1. The summed E-state index contributed by atoms with van der Waals surface area (Å²) in [5.74, 6) is 1.60. The van der Waals surface area contributed by atoms with E-state index >= 15 is 0 Å². The number of hydrogen-bond donors (Lipinski definition) is 1. The topological polar surface area (TPSA) is 38.9 Å². The molecule has 1 aliphatic carbocycles. The van der Waals surface area contributed by atoms with Crippen LogP contribution in [0.2, 0.25) is 0 Å².